The van der Waals surface area contributed by atoms with Crippen LogP contribution in [-0.4, -0.2) is 11.0 Å². The first-order valence-electron chi connectivity index (χ1n) is 6.94. The van der Waals surface area contributed by atoms with Crippen molar-refractivity contribution < 1.29 is 13.2 Å². The van der Waals surface area contributed by atoms with E-state index in [9.17, 15) is 13.2 Å². The van der Waals surface area contributed by atoms with Gasteiger partial charge in [0.1, 0.15) is 11.5 Å². The first kappa shape index (κ1) is 15.1. The molecule has 3 nitrogen and oxygen atoms in total. The number of aromatic nitrogens is 1. The molecule has 1 fully saturated rings. The summed E-state index contributed by atoms with van der Waals surface area (Å²) in [6.07, 6.45) is -0.319. The highest BCUT2D eigenvalue weighted by Gasteiger charge is 2.33. The fourth-order valence-electron chi connectivity index (χ4n) is 2.53. The van der Waals surface area contributed by atoms with Crippen LogP contribution in [0, 0.1) is 5.92 Å². The topological polar surface area (TPSA) is 50.9 Å². The summed E-state index contributed by atoms with van der Waals surface area (Å²) < 4.78 is 38.1. The molecule has 0 spiro atoms. The van der Waals surface area contributed by atoms with Crippen LogP contribution in [0.3, 0.4) is 0 Å². The predicted octanol–water partition coefficient (Wildman–Crippen LogP) is 3.55. The molecule has 0 aliphatic heterocycles. The van der Waals surface area contributed by atoms with Crippen molar-refractivity contribution in [1.82, 2.24) is 4.98 Å². The van der Waals surface area contributed by atoms with Crippen molar-refractivity contribution >= 4 is 5.82 Å². The number of hydrogen-bond acceptors (Lipinski definition) is 3. The Kier molecular flexibility index (Phi) is 4.52. The maximum absolute atomic E-state index is 12.7. The van der Waals surface area contributed by atoms with E-state index in [2.05, 4.69) is 17.2 Å². The molecule has 0 radical (unpaired) electrons. The van der Waals surface area contributed by atoms with Gasteiger partial charge in [0.25, 0.3) is 0 Å². The lowest BCUT2D eigenvalue weighted by Crippen LogP contribution is -2.27. The van der Waals surface area contributed by atoms with Gasteiger partial charge in [-0.3, -0.25) is 0 Å². The minimum Gasteiger partial charge on any atom is -0.367 e. The van der Waals surface area contributed by atoms with Gasteiger partial charge in [0, 0.05) is 18.2 Å². The molecule has 1 heterocycles. The molecule has 0 atom stereocenters. The smallest absolute Gasteiger partial charge is 0.367 e. The average molecular weight is 287 g/mol. The Bertz CT molecular complexity index is 451. The average Bonchev–Trinajstić information content (AvgIpc) is 2.40. The highest BCUT2D eigenvalue weighted by Crippen LogP contribution is 2.31. The number of pyridine rings is 1. The van der Waals surface area contributed by atoms with Crippen LogP contribution < -0.4 is 11.1 Å². The molecule has 0 aromatic carbocycles. The molecule has 2 rings (SSSR count). The summed E-state index contributed by atoms with van der Waals surface area (Å²) >= 11 is 0. The van der Waals surface area contributed by atoms with Crippen LogP contribution in [0.2, 0.25) is 0 Å². The fourth-order valence-corrected chi connectivity index (χ4v) is 2.53. The van der Waals surface area contributed by atoms with E-state index in [0.29, 0.717) is 11.5 Å². The molecule has 1 aromatic rings. The molecule has 20 heavy (non-hydrogen) atoms. The van der Waals surface area contributed by atoms with Gasteiger partial charge in [0.05, 0.1) is 0 Å². The Morgan fingerprint density at radius 2 is 1.90 bits per heavy atom. The lowest BCUT2D eigenvalue weighted by molar-refractivity contribution is -0.141. The Balaban J connectivity index is 2.16. The third-order valence-corrected chi connectivity index (χ3v) is 3.85. The van der Waals surface area contributed by atoms with E-state index in [1.54, 1.807) is 0 Å². The maximum Gasteiger partial charge on any atom is 0.433 e. The predicted molar refractivity (Wildman–Crippen MR) is 72.2 cm³/mol. The number of hydrogen-bond donors (Lipinski definition) is 2. The Morgan fingerprint density at radius 3 is 2.45 bits per heavy atom. The van der Waals surface area contributed by atoms with Crippen molar-refractivity contribution in [2.75, 3.05) is 5.32 Å². The van der Waals surface area contributed by atoms with E-state index in [4.69, 9.17) is 5.73 Å². The molecule has 0 amide bonds. The molecular weight excluding hydrogens is 267 g/mol. The second-order valence-corrected chi connectivity index (χ2v) is 5.51. The van der Waals surface area contributed by atoms with Crippen molar-refractivity contribution in [2.45, 2.75) is 51.4 Å². The largest absolute Gasteiger partial charge is 0.433 e. The molecule has 0 saturated heterocycles. The Hall–Kier alpha value is -1.30. The number of nitrogens with one attached hydrogen (secondary N) is 1. The van der Waals surface area contributed by atoms with Crippen LogP contribution >= 0.6 is 0 Å². The van der Waals surface area contributed by atoms with Gasteiger partial charge >= 0.3 is 6.18 Å². The number of rotatable bonds is 3. The van der Waals surface area contributed by atoms with Crippen LogP contribution in [0.1, 0.15) is 43.9 Å². The van der Waals surface area contributed by atoms with Gasteiger partial charge in [0.2, 0.25) is 0 Å². The highest BCUT2D eigenvalue weighted by molar-refractivity contribution is 5.46. The summed E-state index contributed by atoms with van der Waals surface area (Å²) in [6.45, 7) is 2.38. The van der Waals surface area contributed by atoms with Gasteiger partial charge < -0.3 is 11.1 Å². The minimum atomic E-state index is -4.43. The van der Waals surface area contributed by atoms with Gasteiger partial charge in [-0.15, -0.1) is 0 Å². The third-order valence-electron chi connectivity index (χ3n) is 3.85. The van der Waals surface area contributed by atoms with E-state index in [1.165, 1.54) is 6.07 Å². The summed E-state index contributed by atoms with van der Waals surface area (Å²) in [7, 11) is 0. The number of halogens is 3. The summed E-state index contributed by atoms with van der Waals surface area (Å²) in [4.78, 5) is 3.71. The van der Waals surface area contributed by atoms with Crippen molar-refractivity contribution in [3.8, 4) is 0 Å². The number of nitrogens with zero attached hydrogens (tertiary/aromatic N) is 1. The molecule has 1 aromatic heterocycles. The van der Waals surface area contributed by atoms with E-state index >= 15 is 0 Å². The molecule has 1 aliphatic carbocycles. The Labute approximate surface area is 116 Å². The summed E-state index contributed by atoms with van der Waals surface area (Å²) in [5.41, 5.74) is 5.32. The van der Waals surface area contributed by atoms with E-state index in [-0.39, 0.29) is 18.4 Å². The normalized spacial score (nSPS) is 23.6. The van der Waals surface area contributed by atoms with E-state index in [1.807, 2.05) is 0 Å². The molecule has 112 valence electrons. The molecule has 6 heteroatoms. The lowest BCUT2D eigenvalue weighted by atomic mass is 9.87. The first-order valence-corrected chi connectivity index (χ1v) is 6.94. The van der Waals surface area contributed by atoms with Gasteiger partial charge in [-0.05, 0) is 37.7 Å². The van der Waals surface area contributed by atoms with Gasteiger partial charge in [-0.25, -0.2) is 4.98 Å². The Morgan fingerprint density at radius 1 is 1.25 bits per heavy atom. The highest BCUT2D eigenvalue weighted by atomic mass is 19.4. The fraction of sp³-hybridized carbons (Fsp3) is 0.643. The van der Waals surface area contributed by atoms with Crippen LogP contribution in [0.4, 0.5) is 19.0 Å². The number of nitrogens with two attached hydrogens (primary N) is 1. The van der Waals surface area contributed by atoms with E-state index < -0.39 is 11.9 Å². The van der Waals surface area contributed by atoms with Crippen LogP contribution in [0.25, 0.3) is 0 Å². The van der Waals surface area contributed by atoms with Crippen LogP contribution in [-0.2, 0) is 12.7 Å². The number of alkyl halides is 3. The van der Waals surface area contributed by atoms with Crippen molar-refractivity contribution in [2.24, 2.45) is 11.7 Å². The van der Waals surface area contributed by atoms with Gasteiger partial charge in [-0.2, -0.15) is 13.2 Å². The van der Waals surface area contributed by atoms with Gasteiger partial charge in [-0.1, -0.05) is 13.0 Å². The van der Waals surface area contributed by atoms with Gasteiger partial charge in [0.15, 0.2) is 0 Å². The zero-order chi connectivity index (χ0) is 14.8. The zero-order valence-corrected chi connectivity index (χ0v) is 11.5. The maximum atomic E-state index is 12.7. The molecule has 3 N–H and O–H groups in total. The zero-order valence-electron chi connectivity index (χ0n) is 11.5. The molecule has 0 unspecified atom stereocenters. The first-order chi connectivity index (χ1) is 9.40. The van der Waals surface area contributed by atoms with Crippen molar-refractivity contribution in [3.05, 3.63) is 23.4 Å². The third kappa shape index (κ3) is 3.62. The summed E-state index contributed by atoms with van der Waals surface area (Å²) in [5.74, 6) is 0.971. The molecule has 0 bridgehead atoms. The standard InChI is InChI=1S/C14H20F3N3/c1-9-2-5-11(6-3-9)19-13-10(8-18)4-7-12(20-13)14(15,16)17/h4,7,9,11H,2-3,5-6,8,18H2,1H3,(H,19,20). The quantitative estimate of drug-likeness (QED) is 0.894. The van der Waals surface area contributed by atoms with E-state index in [0.717, 1.165) is 31.7 Å². The SMILES string of the molecule is CC1CCC(Nc2nc(C(F)(F)F)ccc2CN)CC1. The monoisotopic (exact) mass is 287 g/mol. The molecule has 1 saturated carbocycles. The van der Waals surface area contributed by atoms with Crippen LogP contribution in [0.15, 0.2) is 12.1 Å². The minimum absolute atomic E-state index is 0.177. The lowest BCUT2D eigenvalue weighted by Gasteiger charge is -2.28. The van der Waals surface area contributed by atoms with Crippen molar-refractivity contribution in [3.63, 3.8) is 0 Å². The van der Waals surface area contributed by atoms with Crippen molar-refractivity contribution in [1.29, 1.82) is 0 Å². The molecular formula is C14H20F3N3. The second-order valence-electron chi connectivity index (χ2n) is 5.51. The summed E-state index contributed by atoms with van der Waals surface area (Å²) in [5, 5.41) is 3.14. The second kappa shape index (κ2) is 5.99. The summed E-state index contributed by atoms with van der Waals surface area (Å²) in [6, 6.07) is 2.58. The molecule has 1 aliphatic rings. The number of anilines is 1. The van der Waals surface area contributed by atoms with Crippen LogP contribution in [0.5, 0.6) is 0 Å².